The van der Waals surface area contributed by atoms with Crippen molar-refractivity contribution < 1.29 is 26.8 Å². The quantitative estimate of drug-likeness (QED) is 0.162. The molecule has 190 valence electrons. The number of aryl methyl sites for hydroxylation is 2. The number of nitrogens with one attached hydrogen (secondary N) is 1. The largest absolute Gasteiger partial charge is 0.748 e. The molecule has 0 amide bonds. The fraction of sp³-hybridized carbons (Fsp3) is 0.269. The number of aromatic nitrogens is 2. The van der Waals surface area contributed by atoms with Gasteiger partial charge in [0.15, 0.2) is 7.29 Å². The van der Waals surface area contributed by atoms with Crippen LogP contribution in [0.15, 0.2) is 91.0 Å². The molecule has 0 bridgehead atoms. The van der Waals surface area contributed by atoms with Crippen molar-refractivity contribution in [2.45, 2.75) is 32.4 Å². The molecule has 1 aliphatic rings. The van der Waals surface area contributed by atoms with Crippen LogP contribution in [0.1, 0.15) is 30.4 Å². The lowest BCUT2D eigenvalue weighted by atomic mass is 10.2. The van der Waals surface area contributed by atoms with Gasteiger partial charge in [-0.05, 0) is 19.3 Å². The number of rotatable bonds is 12. The fourth-order valence-corrected chi connectivity index (χ4v) is 6.33. The Morgan fingerprint density at radius 1 is 0.917 bits per heavy atom. The Bertz CT molecular complexity index is 1310. The van der Waals surface area contributed by atoms with E-state index in [1.165, 1.54) is 0 Å². The maximum absolute atomic E-state index is 13.8. The van der Waals surface area contributed by atoms with Crippen LogP contribution in [0.3, 0.4) is 0 Å². The highest BCUT2D eigenvalue weighted by molar-refractivity contribution is 7.85. The second kappa shape index (κ2) is 11.8. The van der Waals surface area contributed by atoms with Crippen molar-refractivity contribution in [3.05, 3.63) is 102 Å². The Labute approximate surface area is 212 Å². The molecule has 8 nitrogen and oxygen atoms in total. The number of unbranched alkanes of at least 4 members (excludes halogenated alkanes) is 1. The molecule has 10 heteroatoms. The third kappa shape index (κ3) is 7.77. The van der Waals surface area contributed by atoms with E-state index in [1.54, 1.807) is 11.6 Å². The minimum Gasteiger partial charge on any atom is -0.748 e. The standard InChI is InChI=1S/C26H30N3O5PS/c30-35(27-14-9-16-29-18-17-28(22-29)15-7-8-19-36(31,32)33)20-25(23-10-3-1-4-11-23)34-26(21-35)24-12-5-2-6-13-24/h1-6,10-13,17-18,20-22H,7-9,14-16,19H2,(H-,27,30,31,32,33). The monoisotopic (exact) mass is 527 g/mol. The molecule has 3 aromatic rings. The predicted octanol–water partition coefficient (Wildman–Crippen LogP) is 4.39. The van der Waals surface area contributed by atoms with Gasteiger partial charge >= 0.3 is 0 Å². The molecule has 1 aliphatic heterocycles. The van der Waals surface area contributed by atoms with Gasteiger partial charge in [0.05, 0.1) is 23.2 Å². The summed E-state index contributed by atoms with van der Waals surface area (Å²) < 4.78 is 56.1. The van der Waals surface area contributed by atoms with Crippen molar-refractivity contribution in [1.29, 1.82) is 0 Å². The highest BCUT2D eigenvalue weighted by atomic mass is 32.2. The first kappa shape index (κ1) is 26.1. The summed E-state index contributed by atoms with van der Waals surface area (Å²) in [7, 11) is -7.14. The third-order valence-electron chi connectivity index (χ3n) is 5.71. The second-order valence-corrected chi connectivity index (χ2v) is 12.4. The average molecular weight is 528 g/mol. The van der Waals surface area contributed by atoms with Gasteiger partial charge in [-0.15, -0.1) is 0 Å². The number of hydrogen-bond donors (Lipinski definition) is 1. The zero-order valence-corrected chi connectivity index (χ0v) is 21.6. The maximum atomic E-state index is 13.8. The molecule has 0 spiro atoms. The van der Waals surface area contributed by atoms with E-state index in [1.807, 2.05) is 88.5 Å². The number of hydrogen-bond acceptors (Lipinski definition) is 5. The molecule has 0 fully saturated rings. The Hall–Kier alpha value is -2.97. The summed E-state index contributed by atoms with van der Waals surface area (Å²) in [6, 6.07) is 19.3. The van der Waals surface area contributed by atoms with Crippen LogP contribution in [-0.2, 0) is 32.5 Å². The minimum atomic E-state index is -4.15. The van der Waals surface area contributed by atoms with Gasteiger partial charge in [0, 0.05) is 35.1 Å². The third-order valence-corrected chi connectivity index (χ3v) is 8.46. The average Bonchev–Trinajstić information content (AvgIpc) is 3.32. The lowest BCUT2D eigenvalue weighted by Gasteiger charge is -2.23. The highest BCUT2D eigenvalue weighted by Crippen LogP contribution is 2.53. The molecular formula is C26H30N3O5PS. The molecule has 0 unspecified atom stereocenters. The van der Waals surface area contributed by atoms with Crippen LogP contribution in [-0.4, -0.2) is 29.8 Å². The molecule has 2 aromatic carbocycles. The van der Waals surface area contributed by atoms with Crippen molar-refractivity contribution in [2.24, 2.45) is 0 Å². The lowest BCUT2D eigenvalue weighted by molar-refractivity contribution is -0.696. The van der Waals surface area contributed by atoms with Crippen LogP contribution in [0.2, 0.25) is 0 Å². The van der Waals surface area contributed by atoms with Crippen LogP contribution in [0.4, 0.5) is 0 Å². The molecule has 0 radical (unpaired) electrons. The second-order valence-electron chi connectivity index (χ2n) is 8.65. The van der Waals surface area contributed by atoms with E-state index in [-0.39, 0.29) is 5.75 Å². The molecule has 4 rings (SSSR count). The van der Waals surface area contributed by atoms with E-state index in [0.717, 1.165) is 24.1 Å². The van der Waals surface area contributed by atoms with Crippen LogP contribution < -0.4 is 9.65 Å². The van der Waals surface area contributed by atoms with Gasteiger partial charge in [0.25, 0.3) is 0 Å². The van der Waals surface area contributed by atoms with Gasteiger partial charge < -0.3 is 9.29 Å². The summed E-state index contributed by atoms with van der Waals surface area (Å²) in [6.45, 7) is 1.93. The molecule has 0 aliphatic carbocycles. The van der Waals surface area contributed by atoms with Gasteiger partial charge in [-0.25, -0.2) is 17.6 Å². The number of ether oxygens (including phenoxy) is 1. The zero-order chi connectivity index (χ0) is 25.4. The van der Waals surface area contributed by atoms with Crippen molar-refractivity contribution in [2.75, 3.05) is 12.3 Å². The van der Waals surface area contributed by atoms with E-state index >= 15 is 0 Å². The first-order valence-electron chi connectivity index (χ1n) is 11.9. The highest BCUT2D eigenvalue weighted by Gasteiger charge is 2.26. The summed E-state index contributed by atoms with van der Waals surface area (Å²) in [6.07, 6.45) is 7.55. The lowest BCUT2D eigenvalue weighted by Crippen LogP contribution is -2.32. The Kier molecular flexibility index (Phi) is 8.59. The summed E-state index contributed by atoms with van der Waals surface area (Å²) in [5.41, 5.74) is 1.73. The smallest absolute Gasteiger partial charge is 0.243 e. The van der Waals surface area contributed by atoms with Crippen LogP contribution >= 0.6 is 7.29 Å². The summed E-state index contributed by atoms with van der Waals surface area (Å²) in [5, 5.41) is 3.25. The molecule has 0 saturated carbocycles. The zero-order valence-electron chi connectivity index (χ0n) is 19.9. The number of nitrogens with zero attached hydrogens (tertiary/aromatic N) is 2. The van der Waals surface area contributed by atoms with E-state index in [9.17, 15) is 17.5 Å². The number of imidazole rings is 1. The summed E-state index contributed by atoms with van der Waals surface area (Å²) >= 11 is 0. The maximum Gasteiger partial charge on any atom is 0.243 e. The topological polar surface area (TPSA) is 104 Å². The van der Waals surface area contributed by atoms with Crippen molar-refractivity contribution in [3.63, 3.8) is 0 Å². The van der Waals surface area contributed by atoms with Gasteiger partial charge in [-0.1, -0.05) is 60.7 Å². The summed E-state index contributed by atoms with van der Waals surface area (Å²) in [4.78, 5) is 0. The molecular weight excluding hydrogens is 497 g/mol. The van der Waals surface area contributed by atoms with Crippen LogP contribution in [0.5, 0.6) is 0 Å². The first-order chi connectivity index (χ1) is 17.3. The molecule has 2 heterocycles. The molecule has 36 heavy (non-hydrogen) atoms. The van der Waals surface area contributed by atoms with Gasteiger partial charge in [0.1, 0.15) is 23.9 Å². The molecule has 0 atom stereocenters. The fourth-order valence-electron chi connectivity index (χ4n) is 3.91. The SMILES string of the molecule is O=P1(NCCC[n+]2ccn(CCCCS(=O)(=O)[O-])c2)C=C(c2ccccc2)OC(c2ccccc2)=C1. The van der Waals surface area contributed by atoms with Gasteiger partial charge in [-0.3, -0.25) is 9.65 Å². The molecule has 1 aromatic heterocycles. The molecule has 1 N–H and O–H groups in total. The van der Waals surface area contributed by atoms with E-state index in [0.29, 0.717) is 37.4 Å². The molecule has 0 saturated heterocycles. The normalized spacial score (nSPS) is 15.1. The minimum absolute atomic E-state index is 0.327. The van der Waals surface area contributed by atoms with Gasteiger partial charge in [0.2, 0.25) is 6.33 Å². The van der Waals surface area contributed by atoms with E-state index in [4.69, 9.17) is 4.74 Å². The van der Waals surface area contributed by atoms with Crippen LogP contribution in [0.25, 0.3) is 11.5 Å². The van der Waals surface area contributed by atoms with Crippen molar-refractivity contribution in [3.8, 4) is 0 Å². The predicted molar refractivity (Wildman–Crippen MR) is 139 cm³/mol. The van der Waals surface area contributed by atoms with Crippen molar-refractivity contribution in [1.82, 2.24) is 9.65 Å². The Morgan fingerprint density at radius 2 is 1.53 bits per heavy atom. The Morgan fingerprint density at radius 3 is 2.11 bits per heavy atom. The van der Waals surface area contributed by atoms with E-state index < -0.39 is 17.4 Å². The first-order valence-corrected chi connectivity index (χ1v) is 15.3. The van der Waals surface area contributed by atoms with Crippen molar-refractivity contribution >= 4 is 28.9 Å². The number of benzene rings is 2. The van der Waals surface area contributed by atoms with E-state index in [2.05, 4.69) is 5.09 Å². The summed E-state index contributed by atoms with van der Waals surface area (Å²) in [5.74, 6) is 4.21. The van der Waals surface area contributed by atoms with Crippen LogP contribution in [0, 0.1) is 0 Å². The van der Waals surface area contributed by atoms with Gasteiger partial charge in [-0.2, -0.15) is 0 Å². The Balaban J connectivity index is 1.35.